The summed E-state index contributed by atoms with van der Waals surface area (Å²) in [6, 6.07) is -0.805. The zero-order valence-corrected chi connectivity index (χ0v) is 12.0. The Morgan fingerprint density at radius 3 is 2.35 bits per heavy atom. The van der Waals surface area contributed by atoms with Crippen LogP contribution in [0.15, 0.2) is 4.99 Å². The minimum atomic E-state index is -0.424. The summed E-state index contributed by atoms with van der Waals surface area (Å²) >= 11 is 0. The Bertz CT molecular complexity index is 471. The third kappa shape index (κ3) is 1.91. The second-order valence-corrected chi connectivity index (χ2v) is 5.59. The molecule has 0 spiro atoms. The van der Waals surface area contributed by atoms with Gasteiger partial charge in [0, 0.05) is 40.3 Å². The number of nitrogens with zero attached hydrogens (tertiary/aromatic N) is 5. The van der Waals surface area contributed by atoms with Crippen LogP contribution < -0.4 is 5.32 Å². The maximum Gasteiger partial charge on any atom is 0.325 e. The lowest BCUT2D eigenvalue weighted by molar-refractivity contribution is -0.126. The number of piperazine rings is 1. The Hall–Kier alpha value is -1.83. The molecule has 3 heterocycles. The van der Waals surface area contributed by atoms with Gasteiger partial charge in [-0.15, -0.1) is 0 Å². The number of guanidine groups is 1. The fourth-order valence-electron chi connectivity index (χ4n) is 2.91. The number of urea groups is 1. The first kappa shape index (κ1) is 13.2. The van der Waals surface area contributed by atoms with Gasteiger partial charge in [0.05, 0.1) is 0 Å². The number of carbonyl (C=O) groups excluding carboxylic acids is 2. The van der Waals surface area contributed by atoms with Crippen LogP contribution in [0.3, 0.4) is 0 Å². The molecule has 0 aromatic heterocycles. The van der Waals surface area contributed by atoms with E-state index >= 15 is 0 Å². The highest BCUT2D eigenvalue weighted by Gasteiger charge is 2.48. The fourth-order valence-corrected chi connectivity index (χ4v) is 2.91. The van der Waals surface area contributed by atoms with Gasteiger partial charge in [-0.1, -0.05) is 0 Å². The summed E-state index contributed by atoms with van der Waals surface area (Å²) in [4.78, 5) is 36.1. The number of carbonyl (C=O) groups is 2. The highest BCUT2D eigenvalue weighted by Crippen LogP contribution is 2.24. The SMILES string of the molecule is CN1CCN(C2=NC3C(C(=O)NC(=O)N3C)N2C)CC1. The van der Waals surface area contributed by atoms with E-state index in [1.807, 2.05) is 11.9 Å². The molecule has 2 unspecified atom stereocenters. The van der Waals surface area contributed by atoms with Crippen molar-refractivity contribution in [2.24, 2.45) is 4.99 Å². The Labute approximate surface area is 118 Å². The van der Waals surface area contributed by atoms with Gasteiger partial charge in [0.25, 0.3) is 5.91 Å². The van der Waals surface area contributed by atoms with Crippen molar-refractivity contribution < 1.29 is 9.59 Å². The molecule has 2 atom stereocenters. The smallest absolute Gasteiger partial charge is 0.325 e. The number of hydrogen-bond acceptors (Lipinski definition) is 6. The van der Waals surface area contributed by atoms with Gasteiger partial charge in [-0.25, -0.2) is 9.79 Å². The first-order valence-electron chi connectivity index (χ1n) is 6.81. The Morgan fingerprint density at radius 1 is 1.05 bits per heavy atom. The zero-order chi connectivity index (χ0) is 14.4. The fraction of sp³-hybridized carbons (Fsp3) is 0.750. The summed E-state index contributed by atoms with van der Waals surface area (Å²) in [5.41, 5.74) is 0. The number of fused-ring (bicyclic) bond motifs is 1. The van der Waals surface area contributed by atoms with E-state index < -0.39 is 12.2 Å². The van der Waals surface area contributed by atoms with Gasteiger partial charge < -0.3 is 19.6 Å². The van der Waals surface area contributed by atoms with E-state index in [1.165, 1.54) is 4.90 Å². The monoisotopic (exact) mass is 280 g/mol. The van der Waals surface area contributed by atoms with Gasteiger partial charge in [-0.2, -0.15) is 0 Å². The van der Waals surface area contributed by atoms with Gasteiger partial charge in [0.2, 0.25) is 0 Å². The highest BCUT2D eigenvalue weighted by atomic mass is 16.2. The normalized spacial score (nSPS) is 31.4. The molecule has 3 rings (SSSR count). The first-order chi connectivity index (χ1) is 9.49. The van der Waals surface area contributed by atoms with E-state index in [0.717, 1.165) is 32.1 Å². The zero-order valence-electron chi connectivity index (χ0n) is 12.0. The molecule has 3 aliphatic heterocycles. The predicted molar refractivity (Wildman–Crippen MR) is 73.1 cm³/mol. The summed E-state index contributed by atoms with van der Waals surface area (Å²) in [5.74, 6) is 0.540. The quantitative estimate of drug-likeness (QED) is 0.579. The maximum absolute atomic E-state index is 12.0. The average molecular weight is 280 g/mol. The molecule has 3 aliphatic rings. The minimum Gasteiger partial charge on any atom is -0.340 e. The molecule has 0 saturated carbocycles. The highest BCUT2D eigenvalue weighted by molar-refractivity contribution is 6.03. The molecule has 20 heavy (non-hydrogen) atoms. The summed E-state index contributed by atoms with van der Waals surface area (Å²) in [6.45, 7) is 3.73. The molecule has 3 amide bonds. The summed E-state index contributed by atoms with van der Waals surface area (Å²) < 4.78 is 0. The number of hydrogen-bond donors (Lipinski definition) is 1. The Morgan fingerprint density at radius 2 is 1.70 bits per heavy atom. The van der Waals surface area contributed by atoms with Gasteiger partial charge >= 0.3 is 6.03 Å². The molecule has 8 nitrogen and oxygen atoms in total. The molecule has 2 saturated heterocycles. The van der Waals surface area contributed by atoms with Crippen LogP contribution in [0.5, 0.6) is 0 Å². The molecule has 0 bridgehead atoms. The topological polar surface area (TPSA) is 71.5 Å². The van der Waals surface area contributed by atoms with Crippen LogP contribution in [0.4, 0.5) is 4.79 Å². The molecule has 8 heteroatoms. The van der Waals surface area contributed by atoms with Gasteiger partial charge in [-0.3, -0.25) is 10.1 Å². The van der Waals surface area contributed by atoms with Gasteiger partial charge in [-0.05, 0) is 7.05 Å². The molecule has 0 aromatic carbocycles. The van der Waals surface area contributed by atoms with Gasteiger partial charge in [0.1, 0.15) is 0 Å². The van der Waals surface area contributed by atoms with Gasteiger partial charge in [0.15, 0.2) is 18.2 Å². The van der Waals surface area contributed by atoms with Crippen LogP contribution in [0.1, 0.15) is 0 Å². The van der Waals surface area contributed by atoms with Crippen molar-refractivity contribution in [3.63, 3.8) is 0 Å². The Balaban J connectivity index is 1.83. The van der Waals surface area contributed by atoms with Crippen molar-refractivity contribution in [3.8, 4) is 0 Å². The van der Waals surface area contributed by atoms with E-state index in [-0.39, 0.29) is 11.9 Å². The van der Waals surface area contributed by atoms with Crippen molar-refractivity contribution in [2.45, 2.75) is 12.2 Å². The number of amides is 3. The summed E-state index contributed by atoms with van der Waals surface area (Å²) in [6.07, 6.45) is -0.420. The van der Waals surface area contributed by atoms with E-state index in [9.17, 15) is 9.59 Å². The van der Waals surface area contributed by atoms with E-state index in [0.29, 0.717) is 0 Å². The van der Waals surface area contributed by atoms with Crippen LogP contribution in [0.2, 0.25) is 0 Å². The number of likely N-dealkylation sites (N-methyl/N-ethyl adjacent to an activating group) is 3. The van der Waals surface area contributed by atoms with Crippen LogP contribution in [-0.2, 0) is 4.79 Å². The third-order valence-corrected chi connectivity index (χ3v) is 4.26. The molecular formula is C12H20N6O2. The molecule has 0 radical (unpaired) electrons. The van der Waals surface area contributed by atoms with Crippen LogP contribution >= 0.6 is 0 Å². The number of rotatable bonds is 0. The number of imide groups is 1. The standard InChI is InChI=1S/C12H20N6O2/c1-15-4-6-18(7-5-15)11-13-9-8(16(11)2)10(19)14-12(20)17(9)3/h8-9H,4-7H2,1-3H3,(H,14,19,20). The van der Waals surface area contributed by atoms with Crippen LogP contribution in [0, 0.1) is 0 Å². The molecular weight excluding hydrogens is 260 g/mol. The van der Waals surface area contributed by atoms with Crippen LogP contribution in [-0.4, -0.2) is 97.0 Å². The summed E-state index contributed by atoms with van der Waals surface area (Å²) in [5, 5.41) is 2.37. The molecule has 0 aliphatic carbocycles. The molecule has 0 aromatic rings. The average Bonchev–Trinajstić information content (AvgIpc) is 2.76. The molecule has 1 N–H and O–H groups in total. The molecule has 110 valence electrons. The second kappa shape index (κ2) is 4.62. The van der Waals surface area contributed by atoms with Crippen molar-refractivity contribution in [1.29, 1.82) is 0 Å². The van der Waals surface area contributed by atoms with E-state index in [2.05, 4.69) is 27.2 Å². The van der Waals surface area contributed by atoms with E-state index in [4.69, 9.17) is 0 Å². The number of nitrogens with one attached hydrogen (secondary N) is 1. The number of aliphatic imine (C=N–C) groups is 1. The van der Waals surface area contributed by atoms with Crippen LogP contribution in [0.25, 0.3) is 0 Å². The van der Waals surface area contributed by atoms with Crippen molar-refractivity contribution >= 4 is 17.9 Å². The largest absolute Gasteiger partial charge is 0.340 e. The summed E-state index contributed by atoms with van der Waals surface area (Å²) in [7, 11) is 5.63. The van der Waals surface area contributed by atoms with Crippen molar-refractivity contribution in [2.75, 3.05) is 47.3 Å². The molecule has 2 fully saturated rings. The lowest BCUT2D eigenvalue weighted by Gasteiger charge is -2.38. The van der Waals surface area contributed by atoms with Crippen molar-refractivity contribution in [3.05, 3.63) is 0 Å². The van der Waals surface area contributed by atoms with Crippen molar-refractivity contribution in [1.82, 2.24) is 24.9 Å². The first-order valence-corrected chi connectivity index (χ1v) is 6.81. The second-order valence-electron chi connectivity index (χ2n) is 5.59. The Kier molecular flexibility index (Phi) is 3.04. The third-order valence-electron chi connectivity index (χ3n) is 4.26. The lowest BCUT2D eigenvalue weighted by atomic mass is 10.1. The predicted octanol–water partition coefficient (Wildman–Crippen LogP) is -1.59. The maximum atomic E-state index is 12.0. The minimum absolute atomic E-state index is 0.270. The van der Waals surface area contributed by atoms with E-state index in [1.54, 1.807) is 7.05 Å². The lowest BCUT2D eigenvalue weighted by Crippen LogP contribution is -2.63.